The van der Waals surface area contributed by atoms with Gasteiger partial charge in [0.15, 0.2) is 0 Å². The number of rotatable bonds is 5. The van der Waals surface area contributed by atoms with Gasteiger partial charge < -0.3 is 9.64 Å². The van der Waals surface area contributed by atoms with Gasteiger partial charge in [-0.2, -0.15) is 0 Å². The first kappa shape index (κ1) is 15.1. The Balaban J connectivity index is 1.76. The van der Waals surface area contributed by atoms with Crippen molar-refractivity contribution < 1.29 is 14.3 Å². The minimum Gasteiger partial charge on any atom is -0.464 e. The number of hydrogen-bond acceptors (Lipinski definition) is 3. The number of hydrogen-bond donors (Lipinski definition) is 0. The van der Waals surface area contributed by atoms with E-state index in [4.69, 9.17) is 4.74 Å². The quantitative estimate of drug-likeness (QED) is 0.620. The Hall–Kier alpha value is -1.84. The van der Waals surface area contributed by atoms with Crippen LogP contribution in [0.3, 0.4) is 0 Å². The first-order valence-corrected chi connectivity index (χ1v) is 8.23. The van der Waals surface area contributed by atoms with Crippen molar-refractivity contribution in [3.05, 3.63) is 35.9 Å². The third-order valence-corrected chi connectivity index (χ3v) is 4.88. The summed E-state index contributed by atoms with van der Waals surface area (Å²) in [4.78, 5) is 26.6. The predicted octanol–water partition coefficient (Wildman–Crippen LogP) is 2.77. The van der Waals surface area contributed by atoms with Gasteiger partial charge in [-0.3, -0.25) is 4.79 Å². The van der Waals surface area contributed by atoms with Crippen LogP contribution < -0.4 is 0 Å². The molecular weight excluding hydrogens is 278 g/mol. The van der Waals surface area contributed by atoms with Crippen molar-refractivity contribution in [3.8, 4) is 0 Å². The highest BCUT2D eigenvalue weighted by atomic mass is 16.5. The molecule has 1 heterocycles. The van der Waals surface area contributed by atoms with Crippen LogP contribution in [0.5, 0.6) is 0 Å². The van der Waals surface area contributed by atoms with Crippen molar-refractivity contribution in [2.45, 2.75) is 45.2 Å². The molecule has 1 saturated heterocycles. The molecule has 1 aromatic rings. The molecular formula is C18H23NO3. The predicted molar refractivity (Wildman–Crippen MR) is 82.9 cm³/mol. The number of benzene rings is 1. The molecule has 2 aliphatic rings. The van der Waals surface area contributed by atoms with E-state index in [0.717, 1.165) is 18.4 Å². The number of esters is 1. The summed E-state index contributed by atoms with van der Waals surface area (Å²) in [6, 6.07) is 9.43. The van der Waals surface area contributed by atoms with Crippen molar-refractivity contribution >= 4 is 11.9 Å². The Morgan fingerprint density at radius 3 is 2.55 bits per heavy atom. The average Bonchev–Trinajstić information content (AvgIpc) is 3.04. The summed E-state index contributed by atoms with van der Waals surface area (Å²) < 4.78 is 5.22. The van der Waals surface area contributed by atoms with Gasteiger partial charge >= 0.3 is 5.97 Å². The number of carbonyl (C=O) groups excluding carboxylic acids is 2. The normalized spacial score (nSPS) is 25.1. The molecule has 0 bridgehead atoms. The molecule has 1 aliphatic heterocycles. The van der Waals surface area contributed by atoms with Crippen molar-refractivity contribution in [1.82, 2.24) is 4.90 Å². The third-order valence-electron chi connectivity index (χ3n) is 4.88. The van der Waals surface area contributed by atoms with Gasteiger partial charge in [0.05, 0.1) is 12.5 Å². The molecule has 0 aromatic heterocycles. The standard InChI is InChI=1S/C18H23NO3/c1-2-22-18(21)16-15(14-10-6-7-11-14)17(20)19(16)12-13-8-4-3-5-9-13/h3-5,8-9,14-16H,2,6-7,10-12H2,1H3. The molecule has 1 aromatic carbocycles. The van der Waals surface area contributed by atoms with Crippen LogP contribution in [0.4, 0.5) is 0 Å². The molecule has 0 spiro atoms. The zero-order chi connectivity index (χ0) is 15.5. The van der Waals surface area contributed by atoms with Crippen LogP contribution in [-0.4, -0.2) is 29.4 Å². The maximum atomic E-state index is 12.6. The van der Waals surface area contributed by atoms with Crippen LogP contribution in [0.2, 0.25) is 0 Å². The molecule has 0 radical (unpaired) electrons. The smallest absolute Gasteiger partial charge is 0.329 e. The van der Waals surface area contributed by atoms with Gasteiger partial charge in [0, 0.05) is 6.54 Å². The molecule has 2 fully saturated rings. The van der Waals surface area contributed by atoms with E-state index < -0.39 is 6.04 Å². The Bertz CT molecular complexity index is 537. The topological polar surface area (TPSA) is 46.6 Å². The van der Waals surface area contributed by atoms with Gasteiger partial charge in [-0.05, 0) is 31.2 Å². The number of nitrogens with zero attached hydrogens (tertiary/aromatic N) is 1. The lowest BCUT2D eigenvalue weighted by atomic mass is 9.76. The highest BCUT2D eigenvalue weighted by Crippen LogP contribution is 2.42. The zero-order valence-corrected chi connectivity index (χ0v) is 13.0. The molecule has 3 rings (SSSR count). The minimum atomic E-state index is -0.393. The van der Waals surface area contributed by atoms with E-state index in [2.05, 4.69) is 0 Å². The second-order valence-electron chi connectivity index (χ2n) is 6.22. The summed E-state index contributed by atoms with van der Waals surface area (Å²) in [5.41, 5.74) is 1.05. The number of carbonyl (C=O) groups is 2. The lowest BCUT2D eigenvalue weighted by Crippen LogP contribution is -2.65. The molecule has 22 heavy (non-hydrogen) atoms. The van der Waals surface area contributed by atoms with E-state index in [1.54, 1.807) is 4.90 Å². The first-order valence-electron chi connectivity index (χ1n) is 8.23. The lowest BCUT2D eigenvalue weighted by Gasteiger charge is -2.48. The van der Waals surface area contributed by atoms with Crippen LogP contribution >= 0.6 is 0 Å². The molecule has 1 saturated carbocycles. The molecule has 0 N–H and O–H groups in total. The van der Waals surface area contributed by atoms with Crippen molar-refractivity contribution in [1.29, 1.82) is 0 Å². The lowest BCUT2D eigenvalue weighted by molar-refractivity contribution is -0.178. The fourth-order valence-electron chi connectivity index (χ4n) is 3.81. The first-order chi connectivity index (χ1) is 10.7. The largest absolute Gasteiger partial charge is 0.464 e. The van der Waals surface area contributed by atoms with Crippen LogP contribution in [0.25, 0.3) is 0 Å². The highest BCUT2D eigenvalue weighted by molar-refractivity contribution is 5.97. The summed E-state index contributed by atoms with van der Waals surface area (Å²) in [7, 11) is 0. The second kappa shape index (κ2) is 6.51. The third kappa shape index (κ3) is 2.74. The molecule has 2 unspecified atom stereocenters. The van der Waals surface area contributed by atoms with E-state index in [1.807, 2.05) is 37.3 Å². The highest BCUT2D eigenvalue weighted by Gasteiger charge is 2.55. The van der Waals surface area contributed by atoms with E-state index >= 15 is 0 Å². The van der Waals surface area contributed by atoms with E-state index in [1.165, 1.54) is 12.8 Å². The maximum absolute atomic E-state index is 12.6. The molecule has 1 amide bonds. The van der Waals surface area contributed by atoms with E-state index in [0.29, 0.717) is 19.1 Å². The molecule has 4 nitrogen and oxygen atoms in total. The summed E-state index contributed by atoms with van der Waals surface area (Å²) in [6.45, 7) is 2.66. The van der Waals surface area contributed by atoms with E-state index in [9.17, 15) is 9.59 Å². The van der Waals surface area contributed by atoms with Crippen LogP contribution in [0.1, 0.15) is 38.2 Å². The number of β-lactam (4-membered cyclic amide) rings is 1. The minimum absolute atomic E-state index is 0.119. The number of ether oxygens (including phenoxy) is 1. The maximum Gasteiger partial charge on any atom is 0.329 e. The van der Waals surface area contributed by atoms with Gasteiger partial charge in [0.2, 0.25) is 5.91 Å². The number of amides is 1. The monoisotopic (exact) mass is 301 g/mol. The summed E-state index contributed by atoms with van der Waals surface area (Å²) in [5, 5.41) is 0. The van der Waals surface area contributed by atoms with Crippen LogP contribution in [0.15, 0.2) is 30.3 Å². The van der Waals surface area contributed by atoms with Gasteiger partial charge in [-0.25, -0.2) is 4.79 Å². The Kier molecular flexibility index (Phi) is 4.46. The Morgan fingerprint density at radius 1 is 1.23 bits per heavy atom. The molecule has 1 aliphatic carbocycles. The second-order valence-corrected chi connectivity index (χ2v) is 6.22. The van der Waals surface area contributed by atoms with Crippen molar-refractivity contribution in [2.75, 3.05) is 6.61 Å². The van der Waals surface area contributed by atoms with Gasteiger partial charge in [0.25, 0.3) is 0 Å². The van der Waals surface area contributed by atoms with Crippen LogP contribution in [0, 0.1) is 11.8 Å². The fraction of sp³-hybridized carbons (Fsp3) is 0.556. The van der Waals surface area contributed by atoms with Gasteiger partial charge in [0.1, 0.15) is 6.04 Å². The van der Waals surface area contributed by atoms with Crippen molar-refractivity contribution in [2.24, 2.45) is 11.8 Å². The van der Waals surface area contributed by atoms with Crippen molar-refractivity contribution in [3.63, 3.8) is 0 Å². The van der Waals surface area contributed by atoms with Gasteiger partial charge in [-0.1, -0.05) is 43.2 Å². The van der Waals surface area contributed by atoms with Crippen LogP contribution in [-0.2, 0) is 20.9 Å². The molecule has 118 valence electrons. The summed E-state index contributed by atoms with van der Waals surface area (Å²) in [6.07, 6.45) is 4.46. The molecule has 4 heteroatoms. The Labute approximate surface area is 131 Å². The SMILES string of the molecule is CCOC(=O)C1C(C2CCCC2)C(=O)N1Cc1ccccc1. The number of likely N-dealkylation sites (tertiary alicyclic amines) is 1. The Morgan fingerprint density at radius 2 is 1.91 bits per heavy atom. The van der Waals surface area contributed by atoms with E-state index in [-0.39, 0.29) is 17.8 Å². The molecule has 2 atom stereocenters. The van der Waals surface area contributed by atoms with Gasteiger partial charge in [-0.15, -0.1) is 0 Å². The fourth-order valence-corrected chi connectivity index (χ4v) is 3.81. The zero-order valence-electron chi connectivity index (χ0n) is 13.0. The summed E-state index contributed by atoms with van der Waals surface area (Å²) in [5.74, 6) is 0.0722. The summed E-state index contributed by atoms with van der Waals surface area (Å²) >= 11 is 0. The average molecular weight is 301 g/mol.